The summed E-state index contributed by atoms with van der Waals surface area (Å²) in [5.74, 6) is -0.0445. The van der Waals surface area contributed by atoms with Gasteiger partial charge in [-0.25, -0.2) is 0 Å². The minimum atomic E-state index is -0.1000. The molecule has 102 valence electrons. The fourth-order valence-electron chi connectivity index (χ4n) is 2.53. The summed E-state index contributed by atoms with van der Waals surface area (Å²) in [4.78, 5) is 14.3. The molecule has 3 rings (SSSR count). The summed E-state index contributed by atoms with van der Waals surface area (Å²) in [6.45, 7) is 3.42. The number of hydrogen-bond donors (Lipinski definition) is 1. The Labute approximate surface area is 118 Å². The van der Waals surface area contributed by atoms with Gasteiger partial charge >= 0.3 is 0 Å². The topological polar surface area (TPSA) is 40.5 Å². The van der Waals surface area contributed by atoms with Crippen LogP contribution in [0.2, 0.25) is 0 Å². The number of phenolic OH excluding ortho intramolecular Hbond substituents is 1. The van der Waals surface area contributed by atoms with E-state index in [9.17, 15) is 9.90 Å². The molecule has 1 aliphatic rings. The molecule has 0 radical (unpaired) electrons. The van der Waals surface area contributed by atoms with Crippen LogP contribution >= 0.6 is 0 Å². The van der Waals surface area contributed by atoms with Gasteiger partial charge in [-0.2, -0.15) is 0 Å². The monoisotopic (exact) mass is 267 g/mol. The Morgan fingerprint density at radius 1 is 1.20 bits per heavy atom. The van der Waals surface area contributed by atoms with Crippen molar-refractivity contribution in [3.63, 3.8) is 0 Å². The highest BCUT2D eigenvalue weighted by Gasteiger charge is 2.20. The Kier molecular flexibility index (Phi) is 3.18. The molecule has 0 aromatic heterocycles. The van der Waals surface area contributed by atoms with Crippen LogP contribution in [-0.4, -0.2) is 29.0 Å². The lowest BCUT2D eigenvalue weighted by Crippen LogP contribution is -2.34. The average Bonchev–Trinajstić information content (AvgIpc) is 2.46. The van der Waals surface area contributed by atoms with E-state index in [2.05, 4.69) is 13.0 Å². The van der Waals surface area contributed by atoms with Crippen molar-refractivity contribution in [1.82, 2.24) is 4.90 Å². The number of aromatic hydroxyl groups is 1. The van der Waals surface area contributed by atoms with Crippen molar-refractivity contribution in [3.8, 4) is 5.75 Å². The quantitative estimate of drug-likeness (QED) is 0.805. The van der Waals surface area contributed by atoms with Gasteiger partial charge in [-0.3, -0.25) is 4.79 Å². The van der Waals surface area contributed by atoms with E-state index >= 15 is 0 Å². The molecule has 2 aromatic rings. The summed E-state index contributed by atoms with van der Waals surface area (Å²) in [5.41, 5.74) is 1.70. The van der Waals surface area contributed by atoms with Crippen molar-refractivity contribution < 1.29 is 9.90 Å². The van der Waals surface area contributed by atoms with E-state index in [1.165, 1.54) is 5.57 Å². The predicted octanol–water partition coefficient (Wildman–Crippen LogP) is 3.34. The molecule has 0 spiro atoms. The van der Waals surface area contributed by atoms with Gasteiger partial charge < -0.3 is 10.0 Å². The van der Waals surface area contributed by atoms with Gasteiger partial charge in [0.2, 0.25) is 0 Å². The van der Waals surface area contributed by atoms with Gasteiger partial charge in [0.1, 0.15) is 5.75 Å². The summed E-state index contributed by atoms with van der Waals surface area (Å²) in [5, 5.41) is 12.0. The van der Waals surface area contributed by atoms with Crippen LogP contribution in [0.3, 0.4) is 0 Å². The lowest BCUT2D eigenvalue weighted by molar-refractivity contribution is 0.0766. The number of nitrogens with zero attached hydrogens (tertiary/aromatic N) is 1. The molecular weight excluding hydrogens is 250 g/mol. The Hall–Kier alpha value is -2.29. The first-order valence-electron chi connectivity index (χ1n) is 6.82. The molecule has 1 aliphatic heterocycles. The van der Waals surface area contributed by atoms with Gasteiger partial charge in [0.15, 0.2) is 0 Å². The highest BCUT2D eigenvalue weighted by molar-refractivity contribution is 6.01. The maximum Gasteiger partial charge on any atom is 0.257 e. The van der Waals surface area contributed by atoms with E-state index in [-0.39, 0.29) is 11.7 Å². The van der Waals surface area contributed by atoms with Gasteiger partial charge in [-0.05, 0) is 36.2 Å². The molecule has 0 atom stereocenters. The predicted molar refractivity (Wildman–Crippen MR) is 79.9 cm³/mol. The summed E-state index contributed by atoms with van der Waals surface area (Å²) in [6.07, 6.45) is 2.97. The first kappa shape index (κ1) is 12.7. The van der Waals surface area contributed by atoms with Gasteiger partial charge in [-0.15, -0.1) is 0 Å². The van der Waals surface area contributed by atoms with E-state index in [4.69, 9.17) is 0 Å². The number of carbonyl (C=O) groups is 1. The Morgan fingerprint density at radius 3 is 2.55 bits per heavy atom. The summed E-state index contributed by atoms with van der Waals surface area (Å²) < 4.78 is 0. The van der Waals surface area contributed by atoms with Crippen molar-refractivity contribution in [1.29, 1.82) is 0 Å². The summed E-state index contributed by atoms with van der Waals surface area (Å²) in [7, 11) is 0. The first-order valence-corrected chi connectivity index (χ1v) is 6.82. The lowest BCUT2D eigenvalue weighted by Gasteiger charge is -2.26. The summed E-state index contributed by atoms with van der Waals surface area (Å²) in [6, 6.07) is 11.2. The molecule has 0 unspecified atom stereocenters. The Balaban J connectivity index is 1.97. The fraction of sp³-hybridized carbons (Fsp3) is 0.235. The van der Waals surface area contributed by atoms with Crippen LogP contribution in [0.5, 0.6) is 5.75 Å². The van der Waals surface area contributed by atoms with Crippen LogP contribution < -0.4 is 0 Å². The van der Waals surface area contributed by atoms with Crippen molar-refractivity contribution in [2.24, 2.45) is 0 Å². The number of fused-ring (bicyclic) bond motifs is 1. The standard InChI is InChI=1S/C17H17NO2/c1-12-6-8-18(9-7-12)17(20)15-10-13-4-2-3-5-14(13)11-16(15)19/h2-6,10-11,19H,7-9H2,1H3. The SMILES string of the molecule is CC1=CCN(C(=O)c2cc3ccccc3cc2O)CC1. The lowest BCUT2D eigenvalue weighted by atomic mass is 10.0. The molecule has 0 bridgehead atoms. The van der Waals surface area contributed by atoms with E-state index in [0.29, 0.717) is 18.7 Å². The molecule has 3 heteroatoms. The van der Waals surface area contributed by atoms with Gasteiger partial charge in [0, 0.05) is 13.1 Å². The van der Waals surface area contributed by atoms with Crippen LogP contribution in [0.4, 0.5) is 0 Å². The van der Waals surface area contributed by atoms with Crippen molar-refractivity contribution in [2.75, 3.05) is 13.1 Å². The maximum absolute atomic E-state index is 12.5. The maximum atomic E-state index is 12.5. The van der Waals surface area contributed by atoms with E-state index < -0.39 is 0 Å². The normalized spacial score (nSPS) is 15.2. The van der Waals surface area contributed by atoms with E-state index in [0.717, 1.165) is 17.2 Å². The molecule has 0 aliphatic carbocycles. The zero-order valence-corrected chi connectivity index (χ0v) is 11.5. The third kappa shape index (κ3) is 2.27. The van der Waals surface area contributed by atoms with Crippen molar-refractivity contribution in [3.05, 3.63) is 53.6 Å². The second-order valence-corrected chi connectivity index (χ2v) is 5.27. The zero-order chi connectivity index (χ0) is 14.1. The molecule has 0 saturated heterocycles. The molecular formula is C17H17NO2. The van der Waals surface area contributed by atoms with Crippen LogP contribution in [0.15, 0.2) is 48.0 Å². The molecule has 20 heavy (non-hydrogen) atoms. The number of amides is 1. The molecule has 1 N–H and O–H groups in total. The minimum absolute atomic E-state index is 0.0555. The van der Waals surface area contributed by atoms with Gasteiger partial charge in [0.25, 0.3) is 5.91 Å². The largest absolute Gasteiger partial charge is 0.507 e. The number of rotatable bonds is 1. The van der Waals surface area contributed by atoms with Gasteiger partial charge in [0.05, 0.1) is 5.56 Å². The minimum Gasteiger partial charge on any atom is -0.507 e. The number of benzene rings is 2. The second kappa shape index (κ2) is 5.00. The average molecular weight is 267 g/mol. The highest BCUT2D eigenvalue weighted by Crippen LogP contribution is 2.26. The number of hydrogen-bond acceptors (Lipinski definition) is 2. The van der Waals surface area contributed by atoms with Crippen LogP contribution in [0, 0.1) is 0 Å². The smallest absolute Gasteiger partial charge is 0.257 e. The van der Waals surface area contributed by atoms with Crippen molar-refractivity contribution >= 4 is 16.7 Å². The van der Waals surface area contributed by atoms with E-state index in [1.807, 2.05) is 24.3 Å². The van der Waals surface area contributed by atoms with Crippen LogP contribution in [0.1, 0.15) is 23.7 Å². The third-order valence-electron chi connectivity index (χ3n) is 3.82. The van der Waals surface area contributed by atoms with Gasteiger partial charge in [-0.1, -0.05) is 35.9 Å². The molecule has 0 fully saturated rings. The first-order chi connectivity index (χ1) is 9.65. The zero-order valence-electron chi connectivity index (χ0n) is 11.5. The highest BCUT2D eigenvalue weighted by atomic mass is 16.3. The van der Waals surface area contributed by atoms with Crippen LogP contribution in [-0.2, 0) is 0 Å². The molecule has 2 aromatic carbocycles. The van der Waals surface area contributed by atoms with Crippen LogP contribution in [0.25, 0.3) is 10.8 Å². The second-order valence-electron chi connectivity index (χ2n) is 5.27. The summed E-state index contributed by atoms with van der Waals surface area (Å²) >= 11 is 0. The van der Waals surface area contributed by atoms with E-state index in [1.54, 1.807) is 17.0 Å². The number of carbonyl (C=O) groups excluding carboxylic acids is 1. The molecule has 1 heterocycles. The third-order valence-corrected chi connectivity index (χ3v) is 3.82. The Morgan fingerprint density at radius 2 is 1.90 bits per heavy atom. The molecule has 0 saturated carbocycles. The number of phenols is 1. The molecule has 1 amide bonds. The van der Waals surface area contributed by atoms with Crippen molar-refractivity contribution in [2.45, 2.75) is 13.3 Å². The Bertz CT molecular complexity index is 703. The molecule has 3 nitrogen and oxygen atoms in total. The fourth-order valence-corrected chi connectivity index (χ4v) is 2.53.